The first-order valence-electron chi connectivity index (χ1n) is 10.0. The lowest BCUT2D eigenvalue weighted by molar-refractivity contribution is -0.895. The van der Waals surface area contributed by atoms with E-state index in [0.717, 1.165) is 42.0 Å². The van der Waals surface area contributed by atoms with Gasteiger partial charge < -0.3 is 23.8 Å². The van der Waals surface area contributed by atoms with Crippen molar-refractivity contribution in [2.75, 3.05) is 34.1 Å². The highest BCUT2D eigenvalue weighted by Crippen LogP contribution is 2.48. The molecule has 6 heteroatoms. The van der Waals surface area contributed by atoms with E-state index in [9.17, 15) is 4.79 Å². The standard InChI is InChI=1S/C24H25NO5/c1-4-13-28-17-8-5-16(6-9-17)7-10-20(26)21-18-11-12-25(2)14-19(18)22(27-3)24-23(21)29-15-30-24/h4-10H,1,11-15H2,2-3H3/p+1/b10-7+. The van der Waals surface area contributed by atoms with Crippen molar-refractivity contribution < 1.29 is 28.6 Å². The number of hydrogen-bond acceptors (Lipinski definition) is 5. The van der Waals surface area contributed by atoms with Crippen LogP contribution in [0.4, 0.5) is 0 Å². The number of hydrogen-bond donors (Lipinski definition) is 1. The number of carbonyl (C=O) groups is 1. The summed E-state index contributed by atoms with van der Waals surface area (Å²) in [5.74, 6) is 2.38. The Morgan fingerprint density at radius 3 is 2.70 bits per heavy atom. The van der Waals surface area contributed by atoms with Crippen LogP contribution in [0.25, 0.3) is 6.08 Å². The van der Waals surface area contributed by atoms with Crippen LogP contribution in [0, 0.1) is 0 Å². The number of benzene rings is 2. The monoisotopic (exact) mass is 408 g/mol. The van der Waals surface area contributed by atoms with Crippen molar-refractivity contribution in [3.05, 3.63) is 65.3 Å². The minimum atomic E-state index is -0.0952. The van der Waals surface area contributed by atoms with Crippen molar-refractivity contribution in [3.8, 4) is 23.0 Å². The third-order valence-electron chi connectivity index (χ3n) is 5.39. The first kappa shape index (κ1) is 20.0. The summed E-state index contributed by atoms with van der Waals surface area (Å²) >= 11 is 0. The van der Waals surface area contributed by atoms with Crippen LogP contribution in [-0.2, 0) is 13.0 Å². The number of allylic oxidation sites excluding steroid dienone is 1. The molecule has 2 heterocycles. The summed E-state index contributed by atoms with van der Waals surface area (Å²) in [6.45, 7) is 5.92. The number of ketones is 1. The molecule has 1 unspecified atom stereocenters. The molecule has 2 aromatic carbocycles. The second-order valence-corrected chi connectivity index (χ2v) is 7.43. The summed E-state index contributed by atoms with van der Waals surface area (Å²) < 4.78 is 22.5. The van der Waals surface area contributed by atoms with Gasteiger partial charge in [-0.1, -0.05) is 30.9 Å². The Bertz CT molecular complexity index is 994. The van der Waals surface area contributed by atoms with E-state index in [2.05, 4.69) is 13.6 Å². The molecular formula is C24H26NO5+. The molecule has 0 bridgehead atoms. The Morgan fingerprint density at radius 2 is 1.97 bits per heavy atom. The van der Waals surface area contributed by atoms with Crippen molar-refractivity contribution in [1.82, 2.24) is 0 Å². The highest BCUT2D eigenvalue weighted by molar-refractivity contribution is 6.11. The molecule has 2 aliphatic heterocycles. The van der Waals surface area contributed by atoms with Crippen LogP contribution in [0.3, 0.4) is 0 Å². The van der Waals surface area contributed by atoms with Gasteiger partial charge in [-0.15, -0.1) is 0 Å². The SMILES string of the molecule is C=CCOc1ccc(/C=C/C(=O)c2c3c(c(OC)c4c2OCO4)C[NH+](C)CC3)cc1. The van der Waals surface area contributed by atoms with Crippen molar-refractivity contribution in [3.63, 3.8) is 0 Å². The molecule has 2 aliphatic rings. The summed E-state index contributed by atoms with van der Waals surface area (Å²) in [6.07, 6.45) is 5.89. The van der Waals surface area contributed by atoms with Crippen LogP contribution in [0.2, 0.25) is 0 Å². The molecule has 2 aromatic rings. The van der Waals surface area contributed by atoms with E-state index in [-0.39, 0.29) is 12.6 Å². The van der Waals surface area contributed by atoms with Gasteiger partial charge in [-0.05, 0) is 29.3 Å². The van der Waals surface area contributed by atoms with Crippen LogP contribution < -0.4 is 23.8 Å². The number of fused-ring (bicyclic) bond motifs is 2. The second kappa shape index (κ2) is 8.63. The van der Waals surface area contributed by atoms with Gasteiger partial charge in [0.25, 0.3) is 0 Å². The molecule has 1 N–H and O–H groups in total. The average molecular weight is 408 g/mol. The van der Waals surface area contributed by atoms with Crippen LogP contribution in [0.5, 0.6) is 23.0 Å². The van der Waals surface area contributed by atoms with Gasteiger partial charge in [0.2, 0.25) is 12.5 Å². The van der Waals surface area contributed by atoms with E-state index in [0.29, 0.717) is 29.4 Å². The van der Waals surface area contributed by atoms with Gasteiger partial charge in [-0.25, -0.2) is 0 Å². The number of carbonyl (C=O) groups excluding carboxylic acids is 1. The lowest BCUT2D eigenvalue weighted by atomic mass is 9.90. The Hall–Kier alpha value is -3.25. The minimum Gasteiger partial charge on any atom is -0.492 e. The smallest absolute Gasteiger partial charge is 0.231 e. The maximum Gasteiger partial charge on any atom is 0.231 e. The topological polar surface area (TPSA) is 58.4 Å². The fourth-order valence-electron chi connectivity index (χ4n) is 3.95. The summed E-state index contributed by atoms with van der Waals surface area (Å²) in [7, 11) is 3.77. The number of quaternary nitrogens is 1. The molecule has 1 atom stereocenters. The van der Waals surface area contributed by atoms with Gasteiger partial charge in [-0.2, -0.15) is 0 Å². The molecule has 6 nitrogen and oxygen atoms in total. The van der Waals surface area contributed by atoms with Crippen LogP contribution in [0.1, 0.15) is 27.0 Å². The van der Waals surface area contributed by atoms with Gasteiger partial charge in [0.15, 0.2) is 17.3 Å². The van der Waals surface area contributed by atoms with Gasteiger partial charge in [0.05, 0.1) is 31.8 Å². The van der Waals surface area contributed by atoms with Gasteiger partial charge >= 0.3 is 0 Å². The molecule has 0 radical (unpaired) electrons. The maximum absolute atomic E-state index is 13.2. The molecular weight excluding hydrogens is 382 g/mol. The number of methoxy groups -OCH3 is 1. The number of nitrogens with one attached hydrogen (secondary N) is 1. The predicted octanol–water partition coefficient (Wildman–Crippen LogP) is 2.46. The van der Waals surface area contributed by atoms with Gasteiger partial charge in [0, 0.05) is 6.42 Å². The molecule has 4 rings (SSSR count). The van der Waals surface area contributed by atoms with Crippen molar-refractivity contribution in [2.24, 2.45) is 0 Å². The predicted molar refractivity (Wildman–Crippen MR) is 114 cm³/mol. The second-order valence-electron chi connectivity index (χ2n) is 7.43. The normalized spacial score (nSPS) is 16.9. The number of rotatable bonds is 7. The van der Waals surface area contributed by atoms with Crippen molar-refractivity contribution in [1.29, 1.82) is 0 Å². The number of likely N-dealkylation sites (N-methyl/N-ethyl adjacent to an activating group) is 1. The van der Waals surface area contributed by atoms with E-state index in [1.165, 1.54) is 4.90 Å². The Balaban J connectivity index is 1.66. The molecule has 156 valence electrons. The molecule has 0 aromatic heterocycles. The van der Waals surface area contributed by atoms with Crippen LogP contribution >= 0.6 is 0 Å². The first-order chi connectivity index (χ1) is 14.6. The molecule has 0 aliphatic carbocycles. The van der Waals surface area contributed by atoms with Crippen LogP contribution in [0.15, 0.2) is 43.0 Å². The molecule has 30 heavy (non-hydrogen) atoms. The Morgan fingerprint density at radius 1 is 1.20 bits per heavy atom. The zero-order valence-electron chi connectivity index (χ0n) is 17.3. The van der Waals surface area contributed by atoms with Crippen molar-refractivity contribution in [2.45, 2.75) is 13.0 Å². The summed E-state index contributed by atoms with van der Waals surface area (Å²) in [6, 6.07) is 7.56. The third-order valence-corrected chi connectivity index (χ3v) is 5.39. The summed E-state index contributed by atoms with van der Waals surface area (Å²) in [5, 5.41) is 0. The fourth-order valence-corrected chi connectivity index (χ4v) is 3.95. The summed E-state index contributed by atoms with van der Waals surface area (Å²) in [4.78, 5) is 14.6. The zero-order chi connectivity index (χ0) is 21.1. The van der Waals surface area contributed by atoms with Gasteiger partial charge in [0.1, 0.15) is 18.9 Å². The average Bonchev–Trinajstić information content (AvgIpc) is 3.24. The van der Waals surface area contributed by atoms with Gasteiger partial charge in [-0.3, -0.25) is 4.79 Å². The maximum atomic E-state index is 13.2. The summed E-state index contributed by atoms with van der Waals surface area (Å²) in [5.41, 5.74) is 3.54. The molecule has 0 spiro atoms. The van der Waals surface area contributed by atoms with Crippen molar-refractivity contribution >= 4 is 11.9 Å². The molecule has 0 saturated heterocycles. The quantitative estimate of drug-likeness (QED) is 0.433. The number of ether oxygens (including phenoxy) is 4. The minimum absolute atomic E-state index is 0.0907. The van der Waals surface area contributed by atoms with E-state index in [1.54, 1.807) is 25.3 Å². The Labute approximate surface area is 176 Å². The molecule has 0 saturated carbocycles. The van der Waals surface area contributed by atoms with E-state index < -0.39 is 0 Å². The molecule has 0 fully saturated rings. The Kier molecular flexibility index (Phi) is 5.77. The van der Waals surface area contributed by atoms with E-state index in [1.807, 2.05) is 24.3 Å². The fraction of sp³-hybridized carbons (Fsp3) is 0.292. The van der Waals surface area contributed by atoms with E-state index in [4.69, 9.17) is 18.9 Å². The zero-order valence-corrected chi connectivity index (χ0v) is 17.3. The highest BCUT2D eigenvalue weighted by atomic mass is 16.7. The largest absolute Gasteiger partial charge is 0.492 e. The lowest BCUT2D eigenvalue weighted by Crippen LogP contribution is -3.08. The van der Waals surface area contributed by atoms with Crippen LogP contribution in [-0.4, -0.2) is 39.9 Å². The first-order valence-corrected chi connectivity index (χ1v) is 10.0. The highest BCUT2D eigenvalue weighted by Gasteiger charge is 2.35. The third kappa shape index (κ3) is 3.78. The molecule has 0 amide bonds. The lowest BCUT2D eigenvalue weighted by Gasteiger charge is -2.26. The van der Waals surface area contributed by atoms with E-state index >= 15 is 0 Å².